The average molecular weight is 424 g/mol. The lowest BCUT2D eigenvalue weighted by atomic mass is 10.1. The van der Waals surface area contributed by atoms with Gasteiger partial charge in [0.1, 0.15) is 0 Å². The van der Waals surface area contributed by atoms with E-state index in [4.69, 9.17) is 0 Å². The first-order valence-corrected chi connectivity index (χ1v) is 12.0. The van der Waals surface area contributed by atoms with Crippen molar-refractivity contribution in [3.63, 3.8) is 0 Å². The molecule has 1 aromatic carbocycles. The summed E-state index contributed by atoms with van der Waals surface area (Å²) in [4.78, 5) is 7.13. The van der Waals surface area contributed by atoms with Crippen molar-refractivity contribution in [3.05, 3.63) is 48.3 Å². The summed E-state index contributed by atoms with van der Waals surface area (Å²) < 4.78 is 5.82. The molecule has 0 unspecified atom stereocenters. The van der Waals surface area contributed by atoms with Crippen molar-refractivity contribution >= 4 is 33.6 Å². The number of nitrogens with one attached hydrogen (secondary N) is 2. The molecule has 2 aromatic rings. The Morgan fingerprint density at radius 1 is 0.900 bits per heavy atom. The van der Waals surface area contributed by atoms with Crippen LogP contribution in [0, 0.1) is 0 Å². The number of anilines is 3. The van der Waals surface area contributed by atoms with E-state index in [2.05, 4.69) is 67.6 Å². The third-order valence-corrected chi connectivity index (χ3v) is 7.31. The Morgan fingerprint density at radius 3 is 2.43 bits per heavy atom. The lowest BCUT2D eigenvalue weighted by Crippen LogP contribution is -2.61. The SMILES string of the molecule is C1=CC(c2nsc(NNc3ccc(N4CC[N+]5(CCCCC5)CC4)cc3)n2)=CCC1. The minimum absolute atomic E-state index is 0.778. The molecule has 2 N–H and O–H groups in total. The Balaban J connectivity index is 1.14. The molecule has 158 valence electrons. The minimum Gasteiger partial charge on any atom is -0.360 e. The van der Waals surface area contributed by atoms with Gasteiger partial charge in [-0.3, -0.25) is 10.9 Å². The zero-order chi connectivity index (χ0) is 20.2. The molecule has 3 heterocycles. The number of quaternary nitrogens is 1. The van der Waals surface area contributed by atoms with Gasteiger partial charge < -0.3 is 9.38 Å². The van der Waals surface area contributed by atoms with Crippen LogP contribution in [0.4, 0.5) is 16.5 Å². The first kappa shape index (κ1) is 19.6. The van der Waals surface area contributed by atoms with E-state index < -0.39 is 0 Å². The number of rotatable bonds is 5. The number of hydrogen-bond donors (Lipinski definition) is 2. The molecule has 30 heavy (non-hydrogen) atoms. The maximum absolute atomic E-state index is 4.59. The van der Waals surface area contributed by atoms with Gasteiger partial charge in [-0.2, -0.15) is 9.36 Å². The molecular weight excluding hydrogens is 392 g/mol. The maximum atomic E-state index is 4.59. The third kappa shape index (κ3) is 4.37. The Labute approximate surface area is 183 Å². The highest BCUT2D eigenvalue weighted by atomic mass is 32.1. The Kier molecular flexibility index (Phi) is 5.73. The number of piperidine rings is 1. The van der Waals surface area contributed by atoms with Gasteiger partial charge >= 0.3 is 0 Å². The summed E-state index contributed by atoms with van der Waals surface area (Å²) in [6.45, 7) is 7.72. The lowest BCUT2D eigenvalue weighted by molar-refractivity contribution is -0.932. The van der Waals surface area contributed by atoms with Gasteiger partial charge in [0.15, 0.2) is 5.82 Å². The monoisotopic (exact) mass is 423 g/mol. The fourth-order valence-corrected chi connectivity index (χ4v) is 5.37. The number of hydrazine groups is 1. The Hall–Kier alpha value is -2.38. The normalized spacial score (nSPS) is 20.8. The highest BCUT2D eigenvalue weighted by Crippen LogP contribution is 2.26. The Morgan fingerprint density at radius 2 is 1.70 bits per heavy atom. The van der Waals surface area contributed by atoms with Crippen molar-refractivity contribution in [1.82, 2.24) is 9.36 Å². The van der Waals surface area contributed by atoms with Crippen molar-refractivity contribution in [2.45, 2.75) is 32.1 Å². The van der Waals surface area contributed by atoms with E-state index in [1.807, 2.05) is 0 Å². The van der Waals surface area contributed by atoms with Crippen molar-refractivity contribution in [1.29, 1.82) is 0 Å². The van der Waals surface area contributed by atoms with Crippen molar-refractivity contribution < 1.29 is 4.48 Å². The third-order valence-electron chi connectivity index (χ3n) is 6.68. The topological polar surface area (TPSA) is 53.1 Å². The molecular formula is C23H31N6S+. The number of hydrogen-bond acceptors (Lipinski definition) is 6. The van der Waals surface area contributed by atoms with Gasteiger partial charge in [0.25, 0.3) is 0 Å². The molecule has 1 aliphatic carbocycles. The van der Waals surface area contributed by atoms with E-state index in [1.165, 1.54) is 80.2 Å². The van der Waals surface area contributed by atoms with Gasteiger partial charge in [-0.15, -0.1) is 0 Å². The smallest absolute Gasteiger partial charge is 0.221 e. The molecule has 0 radical (unpaired) electrons. The zero-order valence-electron chi connectivity index (χ0n) is 17.5. The summed E-state index contributed by atoms with van der Waals surface area (Å²) in [5, 5.41) is 0.778. The van der Waals surface area contributed by atoms with Gasteiger partial charge in [0, 0.05) is 22.8 Å². The highest BCUT2D eigenvalue weighted by molar-refractivity contribution is 7.09. The first-order chi connectivity index (χ1) is 14.8. The van der Waals surface area contributed by atoms with E-state index >= 15 is 0 Å². The molecule has 0 saturated carbocycles. The number of allylic oxidation sites excluding steroid dienone is 4. The van der Waals surface area contributed by atoms with Crippen LogP contribution in [0.5, 0.6) is 0 Å². The quantitative estimate of drug-likeness (QED) is 0.547. The fourth-order valence-electron chi connectivity index (χ4n) is 4.83. The van der Waals surface area contributed by atoms with Crippen LogP contribution in [0.3, 0.4) is 0 Å². The maximum Gasteiger partial charge on any atom is 0.221 e. The molecule has 6 nitrogen and oxygen atoms in total. The zero-order valence-corrected chi connectivity index (χ0v) is 18.3. The standard InChI is InChI=1S/C23H31N6S/c1-3-7-19(8-4-1)22-24-23(30-27-22)26-25-20-9-11-21(12-10-20)28-13-17-29(18-14-28)15-5-2-6-16-29/h3,7-12,25H,1-2,4-6,13-18H2,(H,24,26,27)/q+1. The second-order valence-electron chi connectivity index (χ2n) is 8.64. The van der Waals surface area contributed by atoms with Crippen LogP contribution in [0.25, 0.3) is 5.57 Å². The van der Waals surface area contributed by atoms with Crippen molar-refractivity contribution in [2.75, 3.05) is 55.0 Å². The minimum atomic E-state index is 0.778. The second-order valence-corrected chi connectivity index (χ2v) is 9.39. The molecule has 2 saturated heterocycles. The average Bonchev–Trinajstić information content (AvgIpc) is 3.29. The molecule has 0 atom stereocenters. The summed E-state index contributed by atoms with van der Waals surface area (Å²) in [5.41, 5.74) is 9.91. The number of nitrogens with zero attached hydrogens (tertiary/aromatic N) is 4. The molecule has 2 fully saturated rings. The predicted octanol–water partition coefficient (Wildman–Crippen LogP) is 4.53. The number of piperazine rings is 1. The van der Waals surface area contributed by atoms with Crippen LogP contribution in [-0.4, -0.2) is 53.1 Å². The Bertz CT molecular complexity index is 900. The van der Waals surface area contributed by atoms with Gasteiger partial charge in [0.2, 0.25) is 5.13 Å². The van der Waals surface area contributed by atoms with E-state index in [0.717, 1.165) is 35.1 Å². The molecule has 5 rings (SSSR count). The van der Waals surface area contributed by atoms with Crippen LogP contribution in [0.1, 0.15) is 37.9 Å². The number of benzene rings is 1. The molecule has 0 amide bonds. The fraction of sp³-hybridized carbons (Fsp3) is 0.478. The number of aromatic nitrogens is 2. The molecule has 1 aromatic heterocycles. The van der Waals surface area contributed by atoms with E-state index in [9.17, 15) is 0 Å². The summed E-state index contributed by atoms with van der Waals surface area (Å²) >= 11 is 1.38. The second kappa shape index (κ2) is 8.78. The van der Waals surface area contributed by atoms with E-state index in [0.29, 0.717) is 0 Å². The predicted molar refractivity (Wildman–Crippen MR) is 126 cm³/mol. The highest BCUT2D eigenvalue weighted by Gasteiger charge is 2.34. The lowest BCUT2D eigenvalue weighted by Gasteiger charge is -2.47. The summed E-state index contributed by atoms with van der Waals surface area (Å²) in [5.74, 6) is 0.801. The van der Waals surface area contributed by atoms with E-state index in [1.54, 1.807) is 0 Å². The van der Waals surface area contributed by atoms with E-state index in [-0.39, 0.29) is 0 Å². The van der Waals surface area contributed by atoms with Gasteiger partial charge in [-0.1, -0.05) is 18.2 Å². The van der Waals surface area contributed by atoms with Gasteiger partial charge in [0.05, 0.1) is 45.0 Å². The molecule has 0 bridgehead atoms. The van der Waals surface area contributed by atoms with Crippen LogP contribution in [0.2, 0.25) is 0 Å². The van der Waals surface area contributed by atoms with Crippen LogP contribution >= 0.6 is 11.5 Å². The summed E-state index contributed by atoms with van der Waals surface area (Å²) in [7, 11) is 0. The van der Waals surface area contributed by atoms with Crippen LogP contribution in [-0.2, 0) is 0 Å². The van der Waals surface area contributed by atoms with Gasteiger partial charge in [-0.25, -0.2) is 0 Å². The van der Waals surface area contributed by atoms with Crippen LogP contribution < -0.4 is 15.8 Å². The molecule has 2 aliphatic heterocycles. The molecule has 1 spiro atoms. The van der Waals surface area contributed by atoms with Gasteiger partial charge in [-0.05, 0) is 56.4 Å². The van der Waals surface area contributed by atoms with Crippen LogP contribution in [0.15, 0.2) is 42.5 Å². The molecule has 7 heteroatoms. The first-order valence-electron chi connectivity index (χ1n) is 11.2. The van der Waals surface area contributed by atoms with Crippen molar-refractivity contribution in [2.24, 2.45) is 0 Å². The van der Waals surface area contributed by atoms with Crippen molar-refractivity contribution in [3.8, 4) is 0 Å². The molecule has 3 aliphatic rings. The summed E-state index contributed by atoms with van der Waals surface area (Å²) in [6.07, 6.45) is 12.9. The summed E-state index contributed by atoms with van der Waals surface area (Å²) in [6, 6.07) is 8.71. The largest absolute Gasteiger partial charge is 0.360 e.